The number of amides is 1. The normalized spacial score (nSPS) is 11.0. The van der Waals surface area contributed by atoms with Crippen LogP contribution in [0.3, 0.4) is 0 Å². The molecule has 204 valence electrons. The predicted octanol–water partition coefficient (Wildman–Crippen LogP) is 4.61. The molecule has 14 heteroatoms. The summed E-state index contributed by atoms with van der Waals surface area (Å²) in [7, 11) is 1.56. The summed E-state index contributed by atoms with van der Waals surface area (Å²) in [6.07, 6.45) is 1.81. The molecular weight excluding hydrogens is 543 g/mol. The third kappa shape index (κ3) is 5.43. The van der Waals surface area contributed by atoms with Gasteiger partial charge in [-0.15, -0.1) is 0 Å². The predicted molar refractivity (Wildman–Crippen MR) is 145 cm³/mol. The van der Waals surface area contributed by atoms with Crippen molar-refractivity contribution < 1.29 is 28.7 Å². The van der Waals surface area contributed by atoms with Gasteiger partial charge in [-0.1, -0.05) is 11.3 Å². The van der Waals surface area contributed by atoms with E-state index in [-0.39, 0.29) is 40.5 Å². The smallest absolute Gasteiger partial charge is 0.324 e. The van der Waals surface area contributed by atoms with Crippen LogP contribution in [0.15, 0.2) is 60.8 Å². The van der Waals surface area contributed by atoms with Crippen LogP contribution in [-0.4, -0.2) is 56.0 Å². The number of ether oxygens (including phenoxy) is 2. The zero-order chi connectivity index (χ0) is 28.2. The highest BCUT2D eigenvalue weighted by molar-refractivity contribution is 7.17. The second kappa shape index (κ2) is 11.4. The number of fused-ring (bicyclic) bond motifs is 1. The molecule has 0 spiro atoms. The number of aromatic nitrogens is 4. The Morgan fingerprint density at radius 1 is 1.18 bits per heavy atom. The van der Waals surface area contributed by atoms with Crippen molar-refractivity contribution in [2.24, 2.45) is 0 Å². The molecule has 0 radical (unpaired) electrons. The maximum atomic E-state index is 14.4. The van der Waals surface area contributed by atoms with E-state index in [1.54, 1.807) is 36.1 Å². The average molecular weight is 565 g/mol. The molecule has 0 unspecified atom stereocenters. The van der Waals surface area contributed by atoms with Crippen LogP contribution in [-0.2, 0) is 0 Å². The number of rotatable bonds is 10. The first-order valence-corrected chi connectivity index (χ1v) is 12.7. The highest BCUT2D eigenvalue weighted by Crippen LogP contribution is 2.31. The van der Waals surface area contributed by atoms with Gasteiger partial charge in [0.2, 0.25) is 0 Å². The molecule has 40 heavy (non-hydrogen) atoms. The van der Waals surface area contributed by atoms with Gasteiger partial charge in [-0.05, 0) is 48.5 Å². The van der Waals surface area contributed by atoms with Crippen molar-refractivity contribution in [1.82, 2.24) is 19.7 Å². The van der Waals surface area contributed by atoms with E-state index in [9.17, 15) is 19.3 Å². The summed E-state index contributed by atoms with van der Waals surface area (Å²) in [5.41, 5.74) is 1.39. The van der Waals surface area contributed by atoms with Gasteiger partial charge in [0.15, 0.2) is 23.0 Å². The molecule has 0 atom stereocenters. The van der Waals surface area contributed by atoms with E-state index >= 15 is 0 Å². The maximum absolute atomic E-state index is 14.4. The van der Waals surface area contributed by atoms with Crippen LogP contribution < -0.4 is 14.8 Å². The van der Waals surface area contributed by atoms with Gasteiger partial charge in [-0.25, -0.2) is 19.0 Å². The van der Waals surface area contributed by atoms with Crippen molar-refractivity contribution in [3.05, 3.63) is 81.6 Å². The average Bonchev–Trinajstić information content (AvgIpc) is 3.63. The molecule has 0 saturated heterocycles. The van der Waals surface area contributed by atoms with Crippen molar-refractivity contribution >= 4 is 39.1 Å². The lowest BCUT2D eigenvalue weighted by molar-refractivity contribution is -0.380. The minimum Gasteiger partial charge on any atom is -0.497 e. The van der Waals surface area contributed by atoms with Crippen molar-refractivity contribution in [1.29, 1.82) is 0 Å². The topological polar surface area (TPSA) is 155 Å². The fourth-order valence-corrected chi connectivity index (χ4v) is 4.48. The zero-order valence-corrected chi connectivity index (χ0v) is 21.7. The summed E-state index contributed by atoms with van der Waals surface area (Å²) in [4.78, 5) is 32.8. The van der Waals surface area contributed by atoms with E-state index in [0.29, 0.717) is 34.5 Å². The van der Waals surface area contributed by atoms with Crippen LogP contribution in [0.4, 0.5) is 15.2 Å². The lowest BCUT2D eigenvalue weighted by Crippen LogP contribution is -2.13. The highest BCUT2D eigenvalue weighted by atomic mass is 32.1. The molecule has 0 aliphatic carbocycles. The number of thiophene rings is 1. The fourth-order valence-electron chi connectivity index (χ4n) is 3.76. The largest absolute Gasteiger partial charge is 0.497 e. The van der Waals surface area contributed by atoms with Crippen molar-refractivity contribution in [3.63, 3.8) is 0 Å². The number of nitrogens with one attached hydrogen (secondary N) is 1. The Labute approximate surface area is 229 Å². The quantitative estimate of drug-likeness (QED) is 0.140. The number of carbonyl (C=O) groups is 1. The molecule has 5 rings (SSSR count). The van der Waals surface area contributed by atoms with Crippen LogP contribution >= 0.6 is 11.3 Å². The third-order valence-corrected chi connectivity index (χ3v) is 6.76. The number of carbonyl (C=O) groups excluding carboxylic acids is 1. The fraction of sp³-hybridized carbons (Fsp3) is 0.154. The van der Waals surface area contributed by atoms with Crippen LogP contribution in [0, 0.1) is 15.9 Å². The van der Waals surface area contributed by atoms with E-state index in [1.807, 2.05) is 0 Å². The lowest BCUT2D eigenvalue weighted by Gasteiger charge is -2.11. The highest BCUT2D eigenvalue weighted by Gasteiger charge is 2.21. The summed E-state index contributed by atoms with van der Waals surface area (Å²) >= 11 is 0.730. The minimum absolute atomic E-state index is 0.0465. The monoisotopic (exact) mass is 564 g/mol. The number of anilines is 1. The molecule has 2 N–H and O–H groups in total. The molecular formula is C26H21FN6O6S. The Morgan fingerprint density at radius 2 is 1.98 bits per heavy atom. The summed E-state index contributed by atoms with van der Waals surface area (Å²) in [5.74, 6) is -0.356. The zero-order valence-electron chi connectivity index (χ0n) is 20.9. The second-order valence-corrected chi connectivity index (χ2v) is 9.37. The number of aliphatic hydroxyl groups is 1. The molecule has 1 amide bonds. The van der Waals surface area contributed by atoms with Crippen molar-refractivity contribution in [2.45, 2.75) is 6.42 Å². The molecule has 0 saturated carbocycles. The number of methoxy groups -OCH3 is 1. The first-order chi connectivity index (χ1) is 19.4. The van der Waals surface area contributed by atoms with E-state index in [2.05, 4.69) is 20.4 Å². The molecule has 12 nitrogen and oxygen atoms in total. The van der Waals surface area contributed by atoms with E-state index in [0.717, 1.165) is 11.3 Å². The van der Waals surface area contributed by atoms with Gasteiger partial charge in [0.25, 0.3) is 5.91 Å². The summed E-state index contributed by atoms with van der Waals surface area (Å²) in [6, 6.07) is 13.8. The van der Waals surface area contributed by atoms with E-state index in [4.69, 9.17) is 14.6 Å². The minimum atomic E-state index is -0.603. The van der Waals surface area contributed by atoms with Crippen LogP contribution in [0.2, 0.25) is 0 Å². The number of hydrogen-bond donors (Lipinski definition) is 2. The first-order valence-electron chi connectivity index (χ1n) is 11.9. The molecule has 5 aromatic rings. The SMILES string of the molecule is COc1ccc(-n2ncc3c(NC(=O)c4ccc([N+](=O)[O-])s4)nc(-c4ccc(F)c(OCCCO)c4)nc32)cc1. The summed E-state index contributed by atoms with van der Waals surface area (Å²) in [5, 5.41) is 27.5. The molecule has 2 aromatic carbocycles. The van der Waals surface area contributed by atoms with Gasteiger partial charge < -0.3 is 19.9 Å². The number of halogens is 1. The Morgan fingerprint density at radius 3 is 2.67 bits per heavy atom. The molecule has 0 aliphatic rings. The van der Waals surface area contributed by atoms with Crippen molar-refractivity contribution in [3.8, 4) is 28.6 Å². The van der Waals surface area contributed by atoms with Gasteiger partial charge in [0, 0.05) is 24.7 Å². The Balaban J connectivity index is 1.60. The summed E-state index contributed by atoms with van der Waals surface area (Å²) < 4.78 is 26.6. The second-order valence-electron chi connectivity index (χ2n) is 8.31. The number of benzene rings is 2. The Kier molecular flexibility index (Phi) is 7.61. The standard InChI is InChI=1S/C26H21FN6O6S/c1-38-17-6-4-16(5-7-17)32-25-18(14-28-32)24(31-26(35)21-9-10-22(40-21)33(36)37)29-23(30-25)15-3-8-19(27)20(13-15)39-12-2-11-34/h3-10,13-14,34H,2,11-12H2,1H3,(H,29,30,31,35). The van der Waals surface area contributed by atoms with Gasteiger partial charge in [-0.3, -0.25) is 14.9 Å². The Bertz CT molecular complexity index is 1700. The number of nitro groups is 1. The van der Waals surface area contributed by atoms with Crippen molar-refractivity contribution in [2.75, 3.05) is 25.6 Å². The van der Waals surface area contributed by atoms with Crippen LogP contribution in [0.25, 0.3) is 28.1 Å². The molecule has 3 heterocycles. The number of aliphatic hydroxyl groups excluding tert-OH is 1. The van der Waals surface area contributed by atoms with Gasteiger partial charge in [-0.2, -0.15) is 5.10 Å². The number of hydrogen-bond acceptors (Lipinski definition) is 10. The molecule has 3 aromatic heterocycles. The lowest BCUT2D eigenvalue weighted by atomic mass is 10.2. The maximum Gasteiger partial charge on any atom is 0.324 e. The Hall–Kier alpha value is -4.95. The van der Waals surface area contributed by atoms with Crippen LogP contribution in [0.1, 0.15) is 16.1 Å². The summed E-state index contributed by atoms with van der Waals surface area (Å²) in [6.45, 7) is 0.00214. The van der Waals surface area contributed by atoms with Crippen LogP contribution in [0.5, 0.6) is 11.5 Å². The van der Waals surface area contributed by atoms with Gasteiger partial charge >= 0.3 is 5.00 Å². The van der Waals surface area contributed by atoms with E-state index in [1.165, 1.54) is 36.5 Å². The molecule has 0 fully saturated rings. The molecule has 0 aliphatic heterocycles. The molecule has 0 bridgehead atoms. The first kappa shape index (κ1) is 26.6. The van der Waals surface area contributed by atoms with E-state index < -0.39 is 16.6 Å². The third-order valence-electron chi connectivity index (χ3n) is 5.72. The van der Waals surface area contributed by atoms with Gasteiger partial charge in [0.05, 0.1) is 40.8 Å². The van der Waals surface area contributed by atoms with Gasteiger partial charge in [0.1, 0.15) is 11.6 Å². The number of nitrogens with zero attached hydrogens (tertiary/aromatic N) is 5.